The van der Waals surface area contributed by atoms with Crippen LogP contribution in [0.15, 0.2) is 12.1 Å². The molecule has 0 heterocycles. The summed E-state index contributed by atoms with van der Waals surface area (Å²) in [7, 11) is -3.76. The first-order valence-corrected chi connectivity index (χ1v) is 6.62. The first kappa shape index (κ1) is 13.7. The maximum absolute atomic E-state index is 13.4. The highest BCUT2D eigenvalue weighted by Crippen LogP contribution is 2.21. The lowest BCUT2D eigenvalue weighted by molar-refractivity contribution is 0.1000. The fraction of sp³-hybridized carbons (Fsp3) is 0.222. The molecule has 0 fully saturated rings. The van der Waals surface area contributed by atoms with E-state index in [0.29, 0.717) is 0 Å². The van der Waals surface area contributed by atoms with Gasteiger partial charge in [0.05, 0.1) is 5.69 Å². The fourth-order valence-electron chi connectivity index (χ4n) is 1.12. The molecular weight excluding hydrogens is 271 g/mol. The normalized spacial score (nSPS) is 11.2. The lowest BCUT2D eigenvalue weighted by Crippen LogP contribution is -2.17. The van der Waals surface area contributed by atoms with Gasteiger partial charge in [-0.3, -0.25) is 9.52 Å². The topological polar surface area (TPSA) is 89.3 Å². The average Bonchev–Trinajstić information content (AvgIpc) is 2.24. The predicted octanol–water partition coefficient (Wildman–Crippen LogP) is 1.17. The Bertz CT molecular complexity index is 560. The number of halogens is 2. The Hall–Kier alpha value is -1.34. The zero-order valence-electron chi connectivity index (χ0n) is 8.83. The molecule has 0 atom stereocenters. The number of primary amides is 1. The Labute approximate surface area is 103 Å². The highest BCUT2D eigenvalue weighted by Gasteiger charge is 2.15. The van der Waals surface area contributed by atoms with Gasteiger partial charge in [-0.25, -0.2) is 12.8 Å². The molecule has 1 aromatic carbocycles. The van der Waals surface area contributed by atoms with Gasteiger partial charge in [0.1, 0.15) is 11.0 Å². The van der Waals surface area contributed by atoms with Crippen molar-refractivity contribution in [1.82, 2.24) is 0 Å². The van der Waals surface area contributed by atoms with Gasteiger partial charge in [0.25, 0.3) is 0 Å². The van der Waals surface area contributed by atoms with Gasteiger partial charge in [0, 0.05) is 11.1 Å². The van der Waals surface area contributed by atoms with Crippen LogP contribution in [0.5, 0.6) is 0 Å². The summed E-state index contributed by atoms with van der Waals surface area (Å²) in [6.45, 7) is 1.37. The molecule has 94 valence electrons. The number of nitrogens with one attached hydrogen (secondary N) is 1. The van der Waals surface area contributed by atoms with Gasteiger partial charge in [0.15, 0.2) is 0 Å². The van der Waals surface area contributed by atoms with Crippen LogP contribution in [0, 0.1) is 12.7 Å². The number of alkyl halides is 1. The summed E-state index contributed by atoms with van der Waals surface area (Å²) in [4.78, 5) is 10.9. The Kier molecular flexibility index (Phi) is 3.94. The van der Waals surface area contributed by atoms with Crippen molar-refractivity contribution in [2.24, 2.45) is 5.73 Å². The smallest absolute Gasteiger partial charge is 0.248 e. The summed E-state index contributed by atoms with van der Waals surface area (Å²) in [6, 6.07) is 2.10. The zero-order valence-corrected chi connectivity index (χ0v) is 10.4. The second-order valence-corrected chi connectivity index (χ2v) is 5.63. The number of nitrogens with two attached hydrogens (primary N) is 1. The minimum Gasteiger partial charge on any atom is -0.366 e. The summed E-state index contributed by atoms with van der Waals surface area (Å²) < 4.78 is 37.9. The van der Waals surface area contributed by atoms with Crippen molar-refractivity contribution in [2.75, 3.05) is 9.93 Å². The van der Waals surface area contributed by atoms with Gasteiger partial charge in [0.2, 0.25) is 15.9 Å². The van der Waals surface area contributed by atoms with Crippen molar-refractivity contribution < 1.29 is 17.6 Å². The average molecular weight is 281 g/mol. The van der Waals surface area contributed by atoms with E-state index in [1.165, 1.54) is 6.92 Å². The highest BCUT2D eigenvalue weighted by molar-refractivity contribution is 7.93. The summed E-state index contributed by atoms with van der Waals surface area (Å²) >= 11 is 5.20. The van der Waals surface area contributed by atoms with Gasteiger partial charge in [-0.15, -0.1) is 11.6 Å². The first-order chi connectivity index (χ1) is 7.76. The molecule has 0 spiro atoms. The van der Waals surface area contributed by atoms with Crippen LogP contribution in [0.4, 0.5) is 10.1 Å². The molecule has 0 bridgehead atoms. The number of benzene rings is 1. The second-order valence-electron chi connectivity index (χ2n) is 3.32. The monoisotopic (exact) mass is 280 g/mol. The number of amides is 1. The third kappa shape index (κ3) is 3.31. The number of hydrogen-bond acceptors (Lipinski definition) is 3. The van der Waals surface area contributed by atoms with Crippen LogP contribution in [0.1, 0.15) is 15.9 Å². The molecule has 5 nitrogen and oxygen atoms in total. The molecule has 1 amide bonds. The van der Waals surface area contributed by atoms with Crippen molar-refractivity contribution in [3.05, 3.63) is 29.1 Å². The SMILES string of the molecule is Cc1c(F)cc(C(N)=O)cc1NS(=O)(=O)CCl. The molecule has 8 heteroatoms. The van der Waals surface area contributed by atoms with Crippen molar-refractivity contribution in [1.29, 1.82) is 0 Å². The van der Waals surface area contributed by atoms with Crippen molar-refractivity contribution >= 4 is 33.2 Å². The fourth-order valence-corrected chi connectivity index (χ4v) is 1.89. The van der Waals surface area contributed by atoms with E-state index in [4.69, 9.17) is 17.3 Å². The molecule has 0 aromatic heterocycles. The number of anilines is 1. The summed E-state index contributed by atoms with van der Waals surface area (Å²) in [5.41, 5.74) is 4.87. The molecule has 0 unspecified atom stereocenters. The van der Waals surface area contributed by atoms with Gasteiger partial charge >= 0.3 is 0 Å². The largest absolute Gasteiger partial charge is 0.366 e. The van der Waals surface area contributed by atoms with E-state index >= 15 is 0 Å². The van der Waals surface area contributed by atoms with Crippen molar-refractivity contribution in [3.63, 3.8) is 0 Å². The van der Waals surface area contributed by atoms with Gasteiger partial charge < -0.3 is 5.73 Å². The molecule has 0 aliphatic heterocycles. The molecule has 3 N–H and O–H groups in total. The van der Waals surface area contributed by atoms with E-state index < -0.39 is 27.0 Å². The first-order valence-electron chi connectivity index (χ1n) is 4.43. The number of rotatable bonds is 4. The Morgan fingerprint density at radius 1 is 1.53 bits per heavy atom. The van der Waals surface area contributed by atoms with Crippen LogP contribution >= 0.6 is 11.6 Å². The van der Waals surface area contributed by atoms with Crippen LogP contribution in [-0.4, -0.2) is 19.5 Å². The van der Waals surface area contributed by atoms with Crippen LogP contribution in [-0.2, 0) is 10.0 Å². The van der Waals surface area contributed by atoms with E-state index in [1.54, 1.807) is 0 Å². The molecule has 1 rings (SSSR count). The summed E-state index contributed by atoms with van der Waals surface area (Å²) in [5, 5.41) is -0.672. The standard InChI is InChI=1S/C9H10ClFN2O3S/c1-5-7(11)2-6(9(12)14)3-8(5)13-17(15,16)4-10/h2-3,13H,4H2,1H3,(H2,12,14). The number of hydrogen-bond donors (Lipinski definition) is 2. The molecule has 0 radical (unpaired) electrons. The van der Waals surface area contributed by atoms with E-state index in [1.807, 2.05) is 0 Å². The minimum atomic E-state index is -3.76. The number of carbonyl (C=O) groups excluding carboxylic acids is 1. The van der Waals surface area contributed by atoms with Crippen molar-refractivity contribution in [2.45, 2.75) is 6.92 Å². The van der Waals surface area contributed by atoms with Gasteiger partial charge in [-0.2, -0.15) is 0 Å². The maximum atomic E-state index is 13.4. The molecular formula is C9H10ClFN2O3S. The van der Waals surface area contributed by atoms with Crippen molar-refractivity contribution in [3.8, 4) is 0 Å². The third-order valence-corrected chi connectivity index (χ3v) is 3.72. The van der Waals surface area contributed by atoms with E-state index in [-0.39, 0.29) is 16.8 Å². The van der Waals surface area contributed by atoms with Gasteiger partial charge in [-0.05, 0) is 19.1 Å². The predicted molar refractivity (Wildman–Crippen MR) is 62.9 cm³/mol. The Balaban J connectivity index is 3.28. The maximum Gasteiger partial charge on any atom is 0.248 e. The zero-order chi connectivity index (χ0) is 13.2. The number of sulfonamides is 1. The van der Waals surface area contributed by atoms with E-state index in [9.17, 15) is 17.6 Å². The lowest BCUT2D eigenvalue weighted by atomic mass is 10.1. The highest BCUT2D eigenvalue weighted by atomic mass is 35.5. The quantitative estimate of drug-likeness (QED) is 0.811. The lowest BCUT2D eigenvalue weighted by Gasteiger charge is -2.10. The van der Waals surface area contributed by atoms with Crippen LogP contribution in [0.2, 0.25) is 0 Å². The number of carbonyl (C=O) groups is 1. The van der Waals surface area contributed by atoms with E-state index in [0.717, 1.165) is 12.1 Å². The molecule has 0 aliphatic rings. The molecule has 0 saturated heterocycles. The third-order valence-electron chi connectivity index (χ3n) is 2.04. The van der Waals surface area contributed by atoms with Crippen LogP contribution < -0.4 is 10.5 Å². The van der Waals surface area contributed by atoms with Gasteiger partial charge in [-0.1, -0.05) is 0 Å². The summed E-state index contributed by atoms with van der Waals surface area (Å²) in [6.07, 6.45) is 0. The molecule has 17 heavy (non-hydrogen) atoms. The minimum absolute atomic E-state index is 0.0561. The molecule has 0 saturated carbocycles. The van der Waals surface area contributed by atoms with Crippen LogP contribution in [0.3, 0.4) is 0 Å². The Morgan fingerprint density at radius 3 is 2.59 bits per heavy atom. The summed E-state index contributed by atoms with van der Waals surface area (Å²) in [5.74, 6) is -1.58. The second kappa shape index (κ2) is 4.89. The van der Waals surface area contributed by atoms with Crippen LogP contribution in [0.25, 0.3) is 0 Å². The Morgan fingerprint density at radius 2 is 2.12 bits per heavy atom. The molecule has 1 aromatic rings. The molecule has 0 aliphatic carbocycles. The van der Waals surface area contributed by atoms with E-state index in [2.05, 4.69) is 4.72 Å².